The van der Waals surface area contributed by atoms with Crippen molar-refractivity contribution >= 4 is 24.2 Å². The van der Waals surface area contributed by atoms with Gasteiger partial charge in [0.05, 0.1) is 6.04 Å². The van der Waals surface area contributed by atoms with Crippen LogP contribution in [0.25, 0.3) is 0 Å². The van der Waals surface area contributed by atoms with Crippen molar-refractivity contribution in [3.05, 3.63) is 65.7 Å². The maximum absolute atomic E-state index is 11.9. The van der Waals surface area contributed by atoms with Gasteiger partial charge < -0.3 is 21.5 Å². The van der Waals surface area contributed by atoms with Crippen LogP contribution in [-0.4, -0.2) is 24.4 Å². The highest BCUT2D eigenvalue weighted by molar-refractivity contribution is 5.85. The van der Waals surface area contributed by atoms with E-state index in [1.807, 2.05) is 54.6 Å². The van der Waals surface area contributed by atoms with Crippen molar-refractivity contribution in [2.45, 2.75) is 44.8 Å². The molecule has 0 aromatic heterocycles. The third kappa shape index (κ3) is 9.96. The molecule has 0 spiro atoms. The molecule has 2 aromatic carbocycles. The van der Waals surface area contributed by atoms with E-state index in [1.54, 1.807) is 0 Å². The number of aryl methyl sites for hydroxylation is 1. The summed E-state index contributed by atoms with van der Waals surface area (Å²) in [5.74, 6) is 0.343. The maximum atomic E-state index is 11.9. The highest BCUT2D eigenvalue weighted by Gasteiger charge is 2.08. The summed E-state index contributed by atoms with van der Waals surface area (Å²) in [6, 6.07) is 17.2. The van der Waals surface area contributed by atoms with Crippen molar-refractivity contribution in [2.75, 3.05) is 6.54 Å². The quantitative estimate of drug-likeness (QED) is 0.459. The lowest BCUT2D eigenvalue weighted by atomic mass is 10.1. The number of rotatable bonds is 12. The lowest BCUT2D eigenvalue weighted by Crippen LogP contribution is -2.36. The number of halogens is 1. The van der Waals surface area contributed by atoms with Crippen molar-refractivity contribution < 1.29 is 14.3 Å². The van der Waals surface area contributed by atoms with E-state index in [2.05, 4.69) is 5.32 Å². The smallest absolute Gasteiger partial charge is 0.234 e. The molecule has 158 valence electrons. The minimum Gasteiger partial charge on any atom is -0.489 e. The number of hydrogen-bond acceptors (Lipinski definition) is 4. The third-order valence-corrected chi connectivity index (χ3v) is 4.44. The molecule has 2 rings (SSSR count). The van der Waals surface area contributed by atoms with Crippen LogP contribution in [0.5, 0.6) is 5.75 Å². The molecule has 0 bridgehead atoms. The summed E-state index contributed by atoms with van der Waals surface area (Å²) < 4.78 is 5.76. The van der Waals surface area contributed by atoms with Crippen LogP contribution in [-0.2, 0) is 22.6 Å². The Bertz CT molecular complexity index is 739. The first-order valence-electron chi connectivity index (χ1n) is 9.62. The predicted octanol–water partition coefficient (Wildman–Crippen LogP) is 2.72. The molecule has 0 aliphatic rings. The second kappa shape index (κ2) is 13.6. The van der Waals surface area contributed by atoms with E-state index >= 15 is 0 Å². The van der Waals surface area contributed by atoms with E-state index < -0.39 is 11.9 Å². The van der Waals surface area contributed by atoms with E-state index in [0.29, 0.717) is 32.4 Å². The van der Waals surface area contributed by atoms with Gasteiger partial charge >= 0.3 is 0 Å². The SMILES string of the molecule is Cl.NC(=O)[C@@H](N)CCCCNC(=O)CCc1ccc(OCc2ccccc2)cc1. The van der Waals surface area contributed by atoms with Gasteiger partial charge in [0.15, 0.2) is 0 Å². The van der Waals surface area contributed by atoms with E-state index in [-0.39, 0.29) is 18.3 Å². The van der Waals surface area contributed by atoms with Gasteiger partial charge in [-0.1, -0.05) is 42.5 Å². The molecule has 1 atom stereocenters. The molecule has 5 N–H and O–H groups in total. The Hall–Kier alpha value is -2.57. The van der Waals surface area contributed by atoms with Crippen molar-refractivity contribution in [1.82, 2.24) is 5.32 Å². The minimum atomic E-state index is -0.602. The molecule has 0 aliphatic heterocycles. The number of nitrogens with two attached hydrogens (primary N) is 2. The van der Waals surface area contributed by atoms with Crippen LogP contribution < -0.4 is 21.5 Å². The summed E-state index contributed by atoms with van der Waals surface area (Å²) in [6.45, 7) is 1.11. The van der Waals surface area contributed by atoms with Gasteiger partial charge in [-0.05, 0) is 48.9 Å². The molecule has 7 heteroatoms. The summed E-state index contributed by atoms with van der Waals surface area (Å²) >= 11 is 0. The van der Waals surface area contributed by atoms with Crippen LogP contribution in [0, 0.1) is 0 Å². The third-order valence-electron chi connectivity index (χ3n) is 4.44. The highest BCUT2D eigenvalue weighted by Crippen LogP contribution is 2.15. The number of hydrogen-bond donors (Lipinski definition) is 3. The Balaban J connectivity index is 0.00000420. The number of ether oxygens (including phenoxy) is 1. The van der Waals surface area contributed by atoms with Crippen LogP contribution in [0.4, 0.5) is 0 Å². The fraction of sp³-hybridized carbons (Fsp3) is 0.364. The Labute approximate surface area is 178 Å². The first-order chi connectivity index (χ1) is 13.5. The summed E-state index contributed by atoms with van der Waals surface area (Å²) in [6.07, 6.45) is 3.20. The lowest BCUT2D eigenvalue weighted by molar-refractivity contribution is -0.121. The zero-order valence-electron chi connectivity index (χ0n) is 16.5. The van der Waals surface area contributed by atoms with Gasteiger partial charge in [-0.15, -0.1) is 12.4 Å². The van der Waals surface area contributed by atoms with Gasteiger partial charge in [0.2, 0.25) is 11.8 Å². The number of primary amides is 1. The fourth-order valence-electron chi connectivity index (χ4n) is 2.70. The Kier molecular flexibility index (Phi) is 11.5. The number of carbonyl (C=O) groups excluding carboxylic acids is 2. The van der Waals surface area contributed by atoms with Crippen molar-refractivity contribution in [2.24, 2.45) is 11.5 Å². The average molecular weight is 420 g/mol. The lowest BCUT2D eigenvalue weighted by Gasteiger charge is -2.09. The van der Waals surface area contributed by atoms with Gasteiger partial charge in [0.25, 0.3) is 0 Å². The van der Waals surface area contributed by atoms with Gasteiger partial charge in [0.1, 0.15) is 12.4 Å². The Morgan fingerprint density at radius 3 is 2.31 bits per heavy atom. The first kappa shape index (κ1) is 24.5. The minimum absolute atomic E-state index is 0. The molecule has 0 radical (unpaired) electrons. The predicted molar refractivity (Wildman–Crippen MR) is 117 cm³/mol. The van der Waals surface area contributed by atoms with Gasteiger partial charge in [-0.25, -0.2) is 0 Å². The molecule has 2 aromatic rings. The van der Waals surface area contributed by atoms with E-state index in [0.717, 1.165) is 29.7 Å². The van der Waals surface area contributed by atoms with Crippen molar-refractivity contribution in [1.29, 1.82) is 0 Å². The molecule has 0 fully saturated rings. The molecule has 0 saturated carbocycles. The number of unbranched alkanes of at least 4 members (excludes halogenated alkanes) is 1. The average Bonchev–Trinajstić information content (AvgIpc) is 2.71. The topological polar surface area (TPSA) is 107 Å². The highest BCUT2D eigenvalue weighted by atomic mass is 35.5. The summed E-state index contributed by atoms with van der Waals surface area (Å²) in [7, 11) is 0. The van der Waals surface area contributed by atoms with Crippen LogP contribution >= 0.6 is 12.4 Å². The standard InChI is InChI=1S/C22H29N3O3.ClH/c23-20(22(24)27)8-4-5-15-25-21(26)14-11-17-9-12-19(13-10-17)28-16-18-6-2-1-3-7-18;/h1-3,6-7,9-10,12-13,20H,4-5,8,11,14-16,23H2,(H2,24,27)(H,25,26);1H/t20-;/m0./s1. The second-order valence-electron chi connectivity index (χ2n) is 6.77. The molecular formula is C22H30ClN3O3. The fourth-order valence-corrected chi connectivity index (χ4v) is 2.70. The summed E-state index contributed by atoms with van der Waals surface area (Å²) in [5.41, 5.74) is 12.9. The maximum Gasteiger partial charge on any atom is 0.234 e. The molecule has 2 amide bonds. The molecule has 29 heavy (non-hydrogen) atoms. The second-order valence-corrected chi connectivity index (χ2v) is 6.77. The Morgan fingerprint density at radius 1 is 0.966 bits per heavy atom. The molecule has 0 heterocycles. The molecule has 0 unspecified atom stereocenters. The van der Waals surface area contributed by atoms with E-state index in [9.17, 15) is 9.59 Å². The zero-order valence-corrected chi connectivity index (χ0v) is 17.3. The van der Waals surface area contributed by atoms with Gasteiger partial charge in [-0.2, -0.15) is 0 Å². The number of nitrogens with one attached hydrogen (secondary N) is 1. The summed E-state index contributed by atoms with van der Waals surface area (Å²) in [5, 5.41) is 2.89. The number of benzene rings is 2. The van der Waals surface area contributed by atoms with Crippen LogP contribution in [0.1, 0.15) is 36.8 Å². The van der Waals surface area contributed by atoms with Crippen molar-refractivity contribution in [3.63, 3.8) is 0 Å². The van der Waals surface area contributed by atoms with E-state index in [4.69, 9.17) is 16.2 Å². The Morgan fingerprint density at radius 2 is 1.66 bits per heavy atom. The molecule has 6 nitrogen and oxygen atoms in total. The van der Waals surface area contributed by atoms with Crippen LogP contribution in [0.15, 0.2) is 54.6 Å². The number of amides is 2. The largest absolute Gasteiger partial charge is 0.489 e. The monoisotopic (exact) mass is 419 g/mol. The summed E-state index contributed by atoms with van der Waals surface area (Å²) in [4.78, 5) is 22.7. The molecule has 0 saturated heterocycles. The number of carbonyl (C=O) groups is 2. The van der Waals surface area contributed by atoms with Crippen molar-refractivity contribution in [3.8, 4) is 5.75 Å². The normalized spacial score (nSPS) is 11.2. The van der Waals surface area contributed by atoms with Gasteiger partial charge in [-0.3, -0.25) is 9.59 Å². The van der Waals surface area contributed by atoms with E-state index in [1.165, 1.54) is 0 Å². The van der Waals surface area contributed by atoms with Crippen LogP contribution in [0.3, 0.4) is 0 Å². The first-order valence-corrected chi connectivity index (χ1v) is 9.62. The molecular weight excluding hydrogens is 390 g/mol. The molecule has 0 aliphatic carbocycles. The zero-order chi connectivity index (χ0) is 20.2. The van der Waals surface area contributed by atoms with Gasteiger partial charge in [0, 0.05) is 13.0 Å². The van der Waals surface area contributed by atoms with Crippen LogP contribution in [0.2, 0.25) is 0 Å².